The molecule has 14 heavy (non-hydrogen) atoms. The molecule has 1 heterocycles. The van der Waals surface area contributed by atoms with Crippen LogP contribution in [0.5, 0.6) is 0 Å². The zero-order valence-electron chi connectivity index (χ0n) is 8.87. The fourth-order valence-corrected chi connectivity index (χ4v) is 1.65. The van der Waals surface area contributed by atoms with Crippen LogP contribution in [0.1, 0.15) is 13.8 Å². The minimum absolute atomic E-state index is 0.0955. The van der Waals surface area contributed by atoms with Gasteiger partial charge in [-0.15, -0.1) is 0 Å². The quantitative estimate of drug-likeness (QED) is 0.773. The van der Waals surface area contributed by atoms with E-state index in [0.717, 1.165) is 26.2 Å². The molecule has 3 nitrogen and oxygen atoms in total. The maximum Gasteiger partial charge on any atom is 0.0850 e. The van der Waals surface area contributed by atoms with Gasteiger partial charge in [-0.1, -0.05) is 11.6 Å². The van der Waals surface area contributed by atoms with Crippen molar-refractivity contribution in [3.8, 4) is 0 Å². The molecule has 82 valence electrons. The fraction of sp³-hybridized carbons (Fsp3) is 0.800. The van der Waals surface area contributed by atoms with E-state index in [1.807, 2.05) is 13.8 Å². The highest BCUT2D eigenvalue weighted by atomic mass is 35.5. The summed E-state index contributed by atoms with van der Waals surface area (Å²) >= 11 is 5.63. The topological polar surface area (TPSA) is 38.5 Å². The van der Waals surface area contributed by atoms with Gasteiger partial charge in [-0.25, -0.2) is 0 Å². The average Bonchev–Trinajstić information content (AvgIpc) is 2.18. The second-order valence-corrected chi connectivity index (χ2v) is 4.18. The molecule has 2 unspecified atom stereocenters. The maximum atomic E-state index is 5.80. The third-order valence-electron chi connectivity index (χ3n) is 2.42. The SMILES string of the molecule is C/C(=C\Cl)CN1CCOC(C(C)N)C1. The van der Waals surface area contributed by atoms with Gasteiger partial charge in [-0.05, 0) is 19.4 Å². The van der Waals surface area contributed by atoms with Crippen LogP contribution in [0.15, 0.2) is 11.1 Å². The third-order valence-corrected chi connectivity index (χ3v) is 2.80. The molecule has 0 amide bonds. The Kier molecular flexibility index (Phi) is 4.89. The molecule has 0 aliphatic carbocycles. The monoisotopic (exact) mass is 218 g/mol. The Balaban J connectivity index is 2.40. The van der Waals surface area contributed by atoms with E-state index in [-0.39, 0.29) is 12.1 Å². The third kappa shape index (κ3) is 3.58. The van der Waals surface area contributed by atoms with Crippen molar-refractivity contribution in [1.82, 2.24) is 4.90 Å². The van der Waals surface area contributed by atoms with Gasteiger partial charge in [0.05, 0.1) is 12.7 Å². The summed E-state index contributed by atoms with van der Waals surface area (Å²) in [5, 5.41) is 0. The van der Waals surface area contributed by atoms with Gasteiger partial charge < -0.3 is 10.5 Å². The van der Waals surface area contributed by atoms with Gasteiger partial charge in [0.2, 0.25) is 0 Å². The number of hydrogen-bond donors (Lipinski definition) is 1. The van der Waals surface area contributed by atoms with Crippen LogP contribution in [0.4, 0.5) is 0 Å². The van der Waals surface area contributed by atoms with Crippen molar-refractivity contribution >= 4 is 11.6 Å². The zero-order chi connectivity index (χ0) is 10.6. The van der Waals surface area contributed by atoms with E-state index in [9.17, 15) is 0 Å². The second-order valence-electron chi connectivity index (χ2n) is 3.96. The van der Waals surface area contributed by atoms with Crippen LogP contribution in [-0.2, 0) is 4.74 Å². The van der Waals surface area contributed by atoms with E-state index in [1.165, 1.54) is 5.57 Å². The number of hydrogen-bond acceptors (Lipinski definition) is 3. The summed E-state index contributed by atoms with van der Waals surface area (Å²) in [6.07, 6.45) is 0.159. The van der Waals surface area contributed by atoms with Crippen molar-refractivity contribution in [1.29, 1.82) is 0 Å². The van der Waals surface area contributed by atoms with Crippen LogP contribution >= 0.6 is 11.6 Å². The highest BCUT2D eigenvalue weighted by Crippen LogP contribution is 2.09. The van der Waals surface area contributed by atoms with E-state index in [1.54, 1.807) is 5.54 Å². The van der Waals surface area contributed by atoms with Gasteiger partial charge in [-0.2, -0.15) is 0 Å². The molecule has 0 aromatic rings. The van der Waals surface area contributed by atoms with Gasteiger partial charge in [0.1, 0.15) is 0 Å². The second kappa shape index (κ2) is 5.71. The molecular weight excluding hydrogens is 200 g/mol. The van der Waals surface area contributed by atoms with Crippen molar-refractivity contribution in [3.05, 3.63) is 11.1 Å². The van der Waals surface area contributed by atoms with Crippen LogP contribution < -0.4 is 5.73 Å². The molecule has 2 atom stereocenters. The molecule has 0 saturated carbocycles. The fourth-order valence-electron chi connectivity index (χ4n) is 1.58. The first kappa shape index (κ1) is 12.0. The number of rotatable bonds is 3. The van der Waals surface area contributed by atoms with Crippen molar-refractivity contribution < 1.29 is 4.74 Å². The van der Waals surface area contributed by atoms with Crippen molar-refractivity contribution in [2.45, 2.75) is 26.0 Å². The van der Waals surface area contributed by atoms with Gasteiger partial charge in [-0.3, -0.25) is 4.90 Å². The molecule has 1 rings (SSSR count). The van der Waals surface area contributed by atoms with E-state index < -0.39 is 0 Å². The van der Waals surface area contributed by atoms with Crippen LogP contribution in [-0.4, -0.2) is 43.3 Å². The lowest BCUT2D eigenvalue weighted by Gasteiger charge is -2.34. The summed E-state index contributed by atoms with van der Waals surface area (Å²) in [7, 11) is 0. The van der Waals surface area contributed by atoms with E-state index in [0.29, 0.717) is 0 Å². The Bertz CT molecular complexity index is 206. The molecule has 0 spiro atoms. The summed E-state index contributed by atoms with van der Waals surface area (Å²) in [5.41, 5.74) is 8.61. The Labute approximate surface area is 90.8 Å². The lowest BCUT2D eigenvalue weighted by molar-refractivity contribution is -0.0346. The summed E-state index contributed by atoms with van der Waals surface area (Å²) in [6, 6.07) is 0.0955. The number of nitrogens with zero attached hydrogens (tertiary/aromatic N) is 1. The van der Waals surface area contributed by atoms with Crippen LogP contribution in [0, 0.1) is 0 Å². The minimum Gasteiger partial charge on any atom is -0.374 e. The van der Waals surface area contributed by atoms with Gasteiger partial charge in [0, 0.05) is 31.2 Å². The summed E-state index contributed by atoms with van der Waals surface area (Å²) < 4.78 is 5.57. The minimum atomic E-state index is 0.0955. The summed E-state index contributed by atoms with van der Waals surface area (Å²) in [4.78, 5) is 2.33. The number of morpholine rings is 1. The predicted octanol–water partition coefficient (Wildman–Crippen LogP) is 1.18. The number of ether oxygens (including phenoxy) is 1. The first-order valence-corrected chi connectivity index (χ1v) is 5.42. The highest BCUT2D eigenvalue weighted by Gasteiger charge is 2.22. The molecule has 1 aliphatic rings. The van der Waals surface area contributed by atoms with Crippen LogP contribution in [0.25, 0.3) is 0 Å². The largest absolute Gasteiger partial charge is 0.374 e. The number of halogens is 1. The van der Waals surface area contributed by atoms with Crippen molar-refractivity contribution in [2.24, 2.45) is 5.73 Å². The van der Waals surface area contributed by atoms with E-state index >= 15 is 0 Å². The normalized spacial score (nSPS) is 27.7. The molecule has 0 radical (unpaired) electrons. The van der Waals surface area contributed by atoms with Crippen molar-refractivity contribution in [2.75, 3.05) is 26.2 Å². The Hall–Kier alpha value is -0.0900. The standard InChI is InChI=1S/C10H19ClN2O/c1-8(5-11)6-13-3-4-14-10(7-13)9(2)12/h5,9-10H,3-4,6-7,12H2,1-2H3/b8-5+. The summed E-state index contributed by atoms with van der Waals surface area (Å²) in [6.45, 7) is 7.56. The van der Waals surface area contributed by atoms with E-state index in [2.05, 4.69) is 4.90 Å². The van der Waals surface area contributed by atoms with Crippen LogP contribution in [0.2, 0.25) is 0 Å². The molecule has 1 saturated heterocycles. The molecule has 2 N–H and O–H groups in total. The summed E-state index contributed by atoms with van der Waals surface area (Å²) in [5.74, 6) is 0. The molecule has 4 heteroatoms. The number of nitrogens with two attached hydrogens (primary N) is 1. The maximum absolute atomic E-state index is 5.80. The predicted molar refractivity (Wildman–Crippen MR) is 59.4 cm³/mol. The van der Waals surface area contributed by atoms with Crippen molar-refractivity contribution in [3.63, 3.8) is 0 Å². The Morgan fingerprint density at radius 3 is 3.07 bits per heavy atom. The van der Waals surface area contributed by atoms with Gasteiger partial charge >= 0.3 is 0 Å². The first-order chi connectivity index (χ1) is 6.63. The lowest BCUT2D eigenvalue weighted by Crippen LogP contribution is -2.49. The molecule has 0 bridgehead atoms. The molecule has 0 aromatic carbocycles. The van der Waals surface area contributed by atoms with Gasteiger partial charge in [0.15, 0.2) is 0 Å². The Morgan fingerprint density at radius 2 is 2.50 bits per heavy atom. The molecule has 1 aliphatic heterocycles. The van der Waals surface area contributed by atoms with Gasteiger partial charge in [0.25, 0.3) is 0 Å². The molecule has 0 aromatic heterocycles. The Morgan fingerprint density at radius 1 is 1.79 bits per heavy atom. The average molecular weight is 219 g/mol. The van der Waals surface area contributed by atoms with Crippen LogP contribution in [0.3, 0.4) is 0 Å². The first-order valence-electron chi connectivity index (χ1n) is 4.99. The van der Waals surface area contributed by atoms with E-state index in [4.69, 9.17) is 22.1 Å². The molecular formula is C10H19ClN2O. The zero-order valence-corrected chi connectivity index (χ0v) is 9.63. The lowest BCUT2D eigenvalue weighted by atomic mass is 10.1. The molecule has 1 fully saturated rings. The highest BCUT2D eigenvalue weighted by molar-refractivity contribution is 6.25. The smallest absolute Gasteiger partial charge is 0.0850 e.